The number of nitrogens with two attached hydrogens (primary N) is 1. The Balaban J connectivity index is 2.37. The van der Waals surface area contributed by atoms with Gasteiger partial charge in [-0.2, -0.15) is 5.10 Å². The predicted octanol–water partition coefficient (Wildman–Crippen LogP) is 3.54. The van der Waals surface area contributed by atoms with Crippen molar-refractivity contribution in [3.05, 3.63) is 50.7 Å². The molecule has 1 atom stereocenters. The Morgan fingerprint density at radius 3 is 2.70 bits per heavy atom. The van der Waals surface area contributed by atoms with Crippen molar-refractivity contribution < 1.29 is 4.74 Å². The molecule has 0 aliphatic heterocycles. The lowest BCUT2D eigenvalue weighted by molar-refractivity contribution is 0.182. The highest BCUT2D eigenvalue weighted by atomic mass is 35.5. The van der Waals surface area contributed by atoms with Gasteiger partial charge in [-0.05, 0) is 17.7 Å². The largest absolute Gasteiger partial charge is 0.383 e. The molecule has 1 aromatic heterocycles. The highest BCUT2D eigenvalue weighted by Crippen LogP contribution is 2.32. The van der Waals surface area contributed by atoms with Gasteiger partial charge < -0.3 is 10.5 Å². The minimum Gasteiger partial charge on any atom is -0.383 e. The van der Waals surface area contributed by atoms with Gasteiger partial charge in [0.2, 0.25) is 0 Å². The second-order valence-corrected chi connectivity index (χ2v) is 5.49. The molecule has 0 radical (unpaired) electrons. The standard InChI is InChI=1S/C13H14Cl3N3O/c1-20-5-4-19-13(11(16)7-18-19)12(17)9-3-2-8(14)6-10(9)15/h2-3,6-7,12H,4-5,17H2,1H3. The first-order valence-corrected chi connectivity index (χ1v) is 7.08. The van der Waals surface area contributed by atoms with Gasteiger partial charge in [0, 0.05) is 17.2 Å². The molecule has 2 rings (SSSR count). The van der Waals surface area contributed by atoms with Crippen molar-refractivity contribution in [2.24, 2.45) is 5.73 Å². The van der Waals surface area contributed by atoms with Gasteiger partial charge in [0.25, 0.3) is 0 Å². The van der Waals surface area contributed by atoms with E-state index in [1.807, 2.05) is 0 Å². The molecule has 2 aromatic rings. The van der Waals surface area contributed by atoms with E-state index in [0.29, 0.717) is 33.9 Å². The molecule has 0 bridgehead atoms. The summed E-state index contributed by atoms with van der Waals surface area (Å²) in [7, 11) is 1.63. The first kappa shape index (κ1) is 15.6. The monoisotopic (exact) mass is 333 g/mol. The van der Waals surface area contributed by atoms with E-state index in [2.05, 4.69) is 5.10 Å². The van der Waals surface area contributed by atoms with E-state index in [1.54, 1.807) is 36.2 Å². The quantitative estimate of drug-likeness (QED) is 0.910. The Labute approximate surface area is 132 Å². The maximum Gasteiger partial charge on any atom is 0.0837 e. The lowest BCUT2D eigenvalue weighted by Crippen LogP contribution is -2.19. The molecule has 108 valence electrons. The molecule has 1 heterocycles. The average molecular weight is 335 g/mol. The summed E-state index contributed by atoms with van der Waals surface area (Å²) in [5.41, 5.74) is 7.72. The summed E-state index contributed by atoms with van der Waals surface area (Å²) in [5, 5.41) is 5.76. The maximum absolute atomic E-state index is 6.27. The summed E-state index contributed by atoms with van der Waals surface area (Å²) < 4.78 is 6.77. The minimum atomic E-state index is -0.480. The van der Waals surface area contributed by atoms with Crippen LogP contribution in [0.3, 0.4) is 0 Å². The smallest absolute Gasteiger partial charge is 0.0837 e. The number of halogens is 3. The molecule has 1 unspecified atom stereocenters. The van der Waals surface area contributed by atoms with E-state index < -0.39 is 6.04 Å². The van der Waals surface area contributed by atoms with Gasteiger partial charge in [0.1, 0.15) is 0 Å². The average Bonchev–Trinajstić information content (AvgIpc) is 2.77. The Morgan fingerprint density at radius 1 is 1.30 bits per heavy atom. The fourth-order valence-electron chi connectivity index (χ4n) is 1.94. The summed E-state index contributed by atoms with van der Waals surface area (Å²) in [6.45, 7) is 1.09. The molecule has 0 amide bonds. The van der Waals surface area contributed by atoms with Crippen LogP contribution in [0, 0.1) is 0 Å². The van der Waals surface area contributed by atoms with Gasteiger partial charge in [-0.1, -0.05) is 40.9 Å². The Kier molecular flexibility index (Phi) is 5.29. The molecule has 0 spiro atoms. The minimum absolute atomic E-state index is 0.480. The lowest BCUT2D eigenvalue weighted by atomic mass is 10.0. The first-order valence-electron chi connectivity index (χ1n) is 5.95. The van der Waals surface area contributed by atoms with Gasteiger partial charge >= 0.3 is 0 Å². The number of nitrogens with zero attached hydrogens (tertiary/aromatic N) is 2. The summed E-state index contributed by atoms with van der Waals surface area (Å²) >= 11 is 18.3. The first-order chi connectivity index (χ1) is 9.54. The van der Waals surface area contributed by atoms with Crippen molar-refractivity contribution in [3.63, 3.8) is 0 Å². The highest BCUT2D eigenvalue weighted by molar-refractivity contribution is 6.35. The van der Waals surface area contributed by atoms with Crippen molar-refractivity contribution >= 4 is 34.8 Å². The van der Waals surface area contributed by atoms with Crippen LogP contribution in [-0.2, 0) is 11.3 Å². The van der Waals surface area contributed by atoms with Crippen LogP contribution in [0.1, 0.15) is 17.3 Å². The van der Waals surface area contributed by atoms with E-state index in [4.69, 9.17) is 45.3 Å². The topological polar surface area (TPSA) is 53.1 Å². The molecule has 0 aliphatic carbocycles. The summed E-state index contributed by atoms with van der Waals surface area (Å²) in [5.74, 6) is 0. The van der Waals surface area contributed by atoms with Gasteiger partial charge in [-0.15, -0.1) is 0 Å². The molecule has 0 aliphatic rings. The predicted molar refractivity (Wildman–Crippen MR) is 81.6 cm³/mol. The lowest BCUT2D eigenvalue weighted by Gasteiger charge is -2.16. The van der Waals surface area contributed by atoms with Crippen LogP contribution in [-0.4, -0.2) is 23.5 Å². The van der Waals surface area contributed by atoms with Crippen molar-refractivity contribution in [2.45, 2.75) is 12.6 Å². The third-order valence-corrected chi connectivity index (χ3v) is 3.79. The molecule has 0 fully saturated rings. The molecule has 7 heteroatoms. The summed E-state index contributed by atoms with van der Waals surface area (Å²) in [4.78, 5) is 0. The van der Waals surface area contributed by atoms with E-state index in [-0.39, 0.29) is 0 Å². The SMILES string of the molecule is COCCn1ncc(Cl)c1C(N)c1ccc(Cl)cc1Cl. The third-order valence-electron chi connectivity index (χ3n) is 2.93. The molecule has 1 aromatic carbocycles. The molecule has 0 saturated heterocycles. The molecule has 0 saturated carbocycles. The van der Waals surface area contributed by atoms with Crippen LogP contribution in [0.25, 0.3) is 0 Å². The molecule has 2 N–H and O–H groups in total. The maximum atomic E-state index is 6.27. The fraction of sp³-hybridized carbons (Fsp3) is 0.308. The number of benzene rings is 1. The van der Waals surface area contributed by atoms with Crippen LogP contribution in [0.4, 0.5) is 0 Å². The van der Waals surface area contributed by atoms with Gasteiger partial charge in [-0.3, -0.25) is 4.68 Å². The van der Waals surface area contributed by atoms with Crippen molar-refractivity contribution in [1.82, 2.24) is 9.78 Å². The third kappa shape index (κ3) is 3.27. The van der Waals surface area contributed by atoms with E-state index >= 15 is 0 Å². The van der Waals surface area contributed by atoms with E-state index in [1.165, 1.54) is 0 Å². The van der Waals surface area contributed by atoms with Crippen molar-refractivity contribution in [1.29, 1.82) is 0 Å². The zero-order valence-electron chi connectivity index (χ0n) is 10.8. The second-order valence-electron chi connectivity index (χ2n) is 4.24. The van der Waals surface area contributed by atoms with E-state index in [0.717, 1.165) is 5.56 Å². The number of methoxy groups -OCH3 is 1. The van der Waals surface area contributed by atoms with Gasteiger partial charge in [-0.25, -0.2) is 0 Å². The second kappa shape index (κ2) is 6.78. The molecular formula is C13H14Cl3N3O. The molecule has 20 heavy (non-hydrogen) atoms. The van der Waals surface area contributed by atoms with Crippen LogP contribution >= 0.6 is 34.8 Å². The van der Waals surface area contributed by atoms with Crippen molar-refractivity contribution in [2.75, 3.05) is 13.7 Å². The Hall–Kier alpha value is -0.780. The Morgan fingerprint density at radius 2 is 2.05 bits per heavy atom. The van der Waals surface area contributed by atoms with Crippen LogP contribution in [0.5, 0.6) is 0 Å². The fourth-order valence-corrected chi connectivity index (χ4v) is 2.72. The zero-order chi connectivity index (χ0) is 14.7. The molecular weight excluding hydrogens is 321 g/mol. The summed E-state index contributed by atoms with van der Waals surface area (Å²) in [6, 6.07) is 4.71. The number of hydrogen-bond acceptors (Lipinski definition) is 3. The van der Waals surface area contributed by atoms with Crippen LogP contribution < -0.4 is 5.73 Å². The number of ether oxygens (including phenoxy) is 1. The number of rotatable bonds is 5. The normalized spacial score (nSPS) is 12.7. The Bertz CT molecular complexity index is 601. The van der Waals surface area contributed by atoms with Crippen LogP contribution in [0.15, 0.2) is 24.4 Å². The van der Waals surface area contributed by atoms with Gasteiger partial charge in [0.15, 0.2) is 0 Å². The van der Waals surface area contributed by atoms with Crippen LogP contribution in [0.2, 0.25) is 15.1 Å². The zero-order valence-corrected chi connectivity index (χ0v) is 13.1. The molecule has 4 nitrogen and oxygen atoms in total. The number of hydrogen-bond donors (Lipinski definition) is 1. The van der Waals surface area contributed by atoms with E-state index in [9.17, 15) is 0 Å². The van der Waals surface area contributed by atoms with Crippen molar-refractivity contribution in [3.8, 4) is 0 Å². The highest BCUT2D eigenvalue weighted by Gasteiger charge is 2.20. The van der Waals surface area contributed by atoms with Gasteiger partial charge in [0.05, 0.1) is 36.1 Å². The number of aromatic nitrogens is 2. The summed E-state index contributed by atoms with van der Waals surface area (Å²) in [6.07, 6.45) is 1.57.